The van der Waals surface area contributed by atoms with Gasteiger partial charge in [-0.2, -0.15) is 0 Å². The van der Waals surface area contributed by atoms with E-state index in [9.17, 15) is 0 Å². The summed E-state index contributed by atoms with van der Waals surface area (Å²) < 4.78 is 11.0. The van der Waals surface area contributed by atoms with Crippen molar-refractivity contribution in [1.82, 2.24) is 5.32 Å². The van der Waals surface area contributed by atoms with Crippen LogP contribution in [-0.4, -0.2) is 38.5 Å². The van der Waals surface area contributed by atoms with Crippen LogP contribution in [0.25, 0.3) is 0 Å². The molecule has 16 heavy (non-hydrogen) atoms. The van der Waals surface area contributed by atoms with Crippen molar-refractivity contribution in [3.63, 3.8) is 0 Å². The molecule has 2 aliphatic rings. The van der Waals surface area contributed by atoms with Crippen LogP contribution < -0.4 is 5.32 Å². The molecule has 3 heteroatoms. The predicted octanol–water partition coefficient (Wildman–Crippen LogP) is 2.10. The van der Waals surface area contributed by atoms with Crippen LogP contribution in [-0.2, 0) is 9.47 Å². The van der Waals surface area contributed by atoms with Gasteiger partial charge in [0, 0.05) is 26.3 Å². The standard InChI is InChI=1S/C13H25NO2/c1-15-11-6-3-5-10(9-11)14-12-7-4-8-13(12)16-2/h10-14H,3-9H2,1-2H3. The lowest BCUT2D eigenvalue weighted by atomic mass is 9.92. The van der Waals surface area contributed by atoms with Gasteiger partial charge >= 0.3 is 0 Å². The van der Waals surface area contributed by atoms with Crippen molar-refractivity contribution >= 4 is 0 Å². The lowest BCUT2D eigenvalue weighted by Crippen LogP contribution is -2.46. The highest BCUT2D eigenvalue weighted by atomic mass is 16.5. The minimum Gasteiger partial charge on any atom is -0.381 e. The van der Waals surface area contributed by atoms with Crippen molar-refractivity contribution in [1.29, 1.82) is 0 Å². The molecule has 0 aliphatic heterocycles. The Labute approximate surface area is 98.9 Å². The molecule has 0 saturated heterocycles. The van der Waals surface area contributed by atoms with E-state index in [-0.39, 0.29) is 0 Å². The lowest BCUT2D eigenvalue weighted by Gasteiger charge is -2.32. The normalized spacial score (nSPS) is 40.1. The smallest absolute Gasteiger partial charge is 0.0724 e. The third-order valence-electron chi connectivity index (χ3n) is 4.16. The molecule has 2 saturated carbocycles. The number of methoxy groups -OCH3 is 2. The summed E-state index contributed by atoms with van der Waals surface area (Å²) in [4.78, 5) is 0. The molecule has 2 aliphatic carbocycles. The maximum Gasteiger partial charge on any atom is 0.0724 e. The summed E-state index contributed by atoms with van der Waals surface area (Å²) in [5.41, 5.74) is 0. The zero-order valence-electron chi connectivity index (χ0n) is 10.6. The van der Waals surface area contributed by atoms with Crippen molar-refractivity contribution in [3.05, 3.63) is 0 Å². The molecule has 0 bridgehead atoms. The van der Waals surface area contributed by atoms with E-state index in [1.165, 1.54) is 44.9 Å². The maximum atomic E-state index is 5.52. The Morgan fingerprint density at radius 2 is 1.75 bits per heavy atom. The van der Waals surface area contributed by atoms with Gasteiger partial charge in [-0.25, -0.2) is 0 Å². The highest BCUT2D eigenvalue weighted by Gasteiger charge is 2.30. The Balaban J connectivity index is 1.79. The van der Waals surface area contributed by atoms with Crippen LogP contribution in [0.4, 0.5) is 0 Å². The van der Waals surface area contributed by atoms with E-state index >= 15 is 0 Å². The van der Waals surface area contributed by atoms with E-state index in [1.54, 1.807) is 0 Å². The molecule has 0 radical (unpaired) electrons. The van der Waals surface area contributed by atoms with E-state index in [0.717, 1.165) is 0 Å². The summed E-state index contributed by atoms with van der Waals surface area (Å²) in [6, 6.07) is 1.21. The molecule has 0 heterocycles. The van der Waals surface area contributed by atoms with E-state index in [0.29, 0.717) is 24.3 Å². The summed E-state index contributed by atoms with van der Waals surface area (Å²) in [7, 11) is 3.67. The second-order valence-corrected chi connectivity index (χ2v) is 5.20. The van der Waals surface area contributed by atoms with Crippen molar-refractivity contribution in [2.24, 2.45) is 0 Å². The number of ether oxygens (including phenoxy) is 2. The van der Waals surface area contributed by atoms with Crippen molar-refractivity contribution < 1.29 is 9.47 Å². The van der Waals surface area contributed by atoms with Gasteiger partial charge in [-0.05, 0) is 44.9 Å². The van der Waals surface area contributed by atoms with Gasteiger partial charge in [0.05, 0.1) is 12.2 Å². The van der Waals surface area contributed by atoms with Crippen LogP contribution in [0.5, 0.6) is 0 Å². The first kappa shape index (κ1) is 12.3. The molecule has 2 rings (SSSR count). The summed E-state index contributed by atoms with van der Waals surface area (Å²) in [5, 5.41) is 3.78. The second-order valence-electron chi connectivity index (χ2n) is 5.20. The Bertz CT molecular complexity index is 210. The Morgan fingerprint density at radius 3 is 2.50 bits per heavy atom. The maximum absolute atomic E-state index is 5.52. The molecular weight excluding hydrogens is 202 g/mol. The minimum absolute atomic E-state index is 0.433. The molecule has 0 aromatic heterocycles. The average Bonchev–Trinajstić information content (AvgIpc) is 2.76. The fourth-order valence-electron chi connectivity index (χ4n) is 3.21. The topological polar surface area (TPSA) is 30.5 Å². The summed E-state index contributed by atoms with van der Waals surface area (Å²) >= 11 is 0. The second kappa shape index (κ2) is 5.99. The monoisotopic (exact) mass is 227 g/mol. The zero-order valence-corrected chi connectivity index (χ0v) is 10.6. The molecule has 0 spiro atoms. The van der Waals surface area contributed by atoms with Gasteiger partial charge in [-0.3, -0.25) is 0 Å². The minimum atomic E-state index is 0.433. The molecule has 0 aromatic rings. The van der Waals surface area contributed by atoms with E-state index in [1.807, 2.05) is 14.2 Å². The van der Waals surface area contributed by atoms with Crippen LogP contribution in [0.1, 0.15) is 44.9 Å². The van der Waals surface area contributed by atoms with E-state index < -0.39 is 0 Å². The third-order valence-corrected chi connectivity index (χ3v) is 4.16. The molecule has 4 unspecified atom stereocenters. The molecule has 94 valence electrons. The lowest BCUT2D eigenvalue weighted by molar-refractivity contribution is 0.0445. The first-order valence-electron chi connectivity index (χ1n) is 6.65. The molecule has 0 aromatic carbocycles. The van der Waals surface area contributed by atoms with Crippen molar-refractivity contribution in [2.45, 2.75) is 69.2 Å². The number of rotatable bonds is 4. The van der Waals surface area contributed by atoms with Crippen LogP contribution in [0.2, 0.25) is 0 Å². The van der Waals surface area contributed by atoms with Gasteiger partial charge in [0.25, 0.3) is 0 Å². The average molecular weight is 227 g/mol. The number of nitrogens with one attached hydrogen (secondary N) is 1. The third kappa shape index (κ3) is 2.96. The number of hydrogen-bond acceptors (Lipinski definition) is 3. The van der Waals surface area contributed by atoms with Crippen molar-refractivity contribution in [2.75, 3.05) is 14.2 Å². The highest BCUT2D eigenvalue weighted by Crippen LogP contribution is 2.26. The SMILES string of the molecule is COC1CCCC(NC2CCCC2OC)C1. The van der Waals surface area contributed by atoms with Crippen LogP contribution in [0, 0.1) is 0 Å². The fraction of sp³-hybridized carbons (Fsp3) is 1.00. The van der Waals surface area contributed by atoms with Crippen LogP contribution in [0.15, 0.2) is 0 Å². The quantitative estimate of drug-likeness (QED) is 0.798. The summed E-state index contributed by atoms with van der Waals surface area (Å²) in [6.45, 7) is 0. The predicted molar refractivity (Wildman–Crippen MR) is 64.6 cm³/mol. The Morgan fingerprint density at radius 1 is 0.938 bits per heavy atom. The van der Waals surface area contributed by atoms with Gasteiger partial charge in [-0.1, -0.05) is 0 Å². The van der Waals surface area contributed by atoms with Crippen molar-refractivity contribution in [3.8, 4) is 0 Å². The van der Waals surface area contributed by atoms with Gasteiger partial charge in [0.1, 0.15) is 0 Å². The zero-order chi connectivity index (χ0) is 11.4. The molecule has 1 N–H and O–H groups in total. The fourth-order valence-corrected chi connectivity index (χ4v) is 3.21. The summed E-state index contributed by atoms with van der Waals surface area (Å²) in [6.07, 6.45) is 9.68. The van der Waals surface area contributed by atoms with Gasteiger partial charge in [-0.15, -0.1) is 0 Å². The van der Waals surface area contributed by atoms with E-state index in [2.05, 4.69) is 5.32 Å². The van der Waals surface area contributed by atoms with Gasteiger partial charge in [0.2, 0.25) is 0 Å². The number of hydrogen-bond donors (Lipinski definition) is 1. The summed E-state index contributed by atoms with van der Waals surface area (Å²) in [5.74, 6) is 0. The first-order valence-corrected chi connectivity index (χ1v) is 6.65. The molecule has 4 atom stereocenters. The molecule has 3 nitrogen and oxygen atoms in total. The first-order chi connectivity index (χ1) is 7.83. The Hall–Kier alpha value is -0.120. The van der Waals surface area contributed by atoms with E-state index in [4.69, 9.17) is 9.47 Å². The van der Waals surface area contributed by atoms with Crippen LogP contribution >= 0.6 is 0 Å². The highest BCUT2D eigenvalue weighted by molar-refractivity contribution is 4.88. The molecule has 2 fully saturated rings. The Kier molecular flexibility index (Phi) is 4.62. The largest absolute Gasteiger partial charge is 0.381 e. The molecular formula is C13H25NO2. The van der Waals surface area contributed by atoms with Gasteiger partial charge < -0.3 is 14.8 Å². The van der Waals surface area contributed by atoms with Gasteiger partial charge in [0.15, 0.2) is 0 Å². The van der Waals surface area contributed by atoms with Crippen LogP contribution in [0.3, 0.4) is 0 Å². The molecule has 0 amide bonds.